The van der Waals surface area contributed by atoms with Crippen LogP contribution in [0, 0.1) is 11.6 Å². The maximum absolute atomic E-state index is 13.7. The van der Waals surface area contributed by atoms with E-state index in [0.717, 1.165) is 0 Å². The molecule has 3 rings (SSSR count). The van der Waals surface area contributed by atoms with Gasteiger partial charge in [0.15, 0.2) is 11.0 Å². The summed E-state index contributed by atoms with van der Waals surface area (Å²) in [6.07, 6.45) is 0. The topological polar surface area (TPSA) is 88.9 Å². The van der Waals surface area contributed by atoms with Crippen LogP contribution in [0.3, 0.4) is 0 Å². The number of rotatable bonds is 8. The highest BCUT2D eigenvalue weighted by atomic mass is 32.2. The molecule has 30 heavy (non-hydrogen) atoms. The van der Waals surface area contributed by atoms with Crippen molar-refractivity contribution in [1.29, 1.82) is 0 Å². The van der Waals surface area contributed by atoms with Crippen LogP contribution < -0.4 is 10.6 Å². The van der Waals surface area contributed by atoms with Gasteiger partial charge in [0, 0.05) is 12.2 Å². The molecular weight excluding hydrogens is 412 g/mol. The second-order valence-corrected chi connectivity index (χ2v) is 7.10. The molecule has 1 heterocycles. The van der Waals surface area contributed by atoms with Crippen molar-refractivity contribution in [3.05, 3.63) is 71.6 Å². The van der Waals surface area contributed by atoms with Crippen LogP contribution >= 0.6 is 11.8 Å². The number of anilines is 1. The van der Waals surface area contributed by atoms with Gasteiger partial charge >= 0.3 is 0 Å². The Morgan fingerprint density at radius 2 is 1.90 bits per heavy atom. The molecule has 0 saturated carbocycles. The van der Waals surface area contributed by atoms with Gasteiger partial charge in [0.2, 0.25) is 5.91 Å². The van der Waals surface area contributed by atoms with Crippen LogP contribution in [0.4, 0.5) is 14.5 Å². The minimum atomic E-state index is -0.604. The van der Waals surface area contributed by atoms with E-state index < -0.39 is 17.5 Å². The summed E-state index contributed by atoms with van der Waals surface area (Å²) in [6, 6.07) is 11.3. The van der Waals surface area contributed by atoms with Crippen LogP contribution in [-0.4, -0.2) is 32.3 Å². The number of aromatic nitrogens is 3. The summed E-state index contributed by atoms with van der Waals surface area (Å²) in [4.78, 5) is 24.3. The van der Waals surface area contributed by atoms with Gasteiger partial charge in [-0.05, 0) is 37.3 Å². The highest BCUT2D eigenvalue weighted by Crippen LogP contribution is 2.18. The Labute approximate surface area is 175 Å². The van der Waals surface area contributed by atoms with Crippen molar-refractivity contribution in [2.75, 3.05) is 11.1 Å². The summed E-state index contributed by atoms with van der Waals surface area (Å²) < 4.78 is 28.7. The van der Waals surface area contributed by atoms with Crippen molar-refractivity contribution < 1.29 is 18.4 Å². The van der Waals surface area contributed by atoms with Gasteiger partial charge in [-0.3, -0.25) is 9.59 Å². The van der Waals surface area contributed by atoms with Crippen LogP contribution in [0.5, 0.6) is 0 Å². The minimum Gasteiger partial charge on any atom is -0.345 e. The van der Waals surface area contributed by atoms with E-state index >= 15 is 0 Å². The Balaban J connectivity index is 1.58. The number of hydrogen-bond donors (Lipinski definition) is 2. The minimum absolute atomic E-state index is 0.0518. The predicted molar refractivity (Wildman–Crippen MR) is 109 cm³/mol. The first-order valence-electron chi connectivity index (χ1n) is 9.11. The number of carbonyl (C=O) groups excluding carboxylic acids is 2. The molecule has 2 N–H and O–H groups in total. The van der Waals surface area contributed by atoms with Gasteiger partial charge in [0.1, 0.15) is 11.6 Å². The quantitative estimate of drug-likeness (QED) is 0.535. The first-order valence-corrected chi connectivity index (χ1v) is 10.1. The molecule has 0 aliphatic carbocycles. The third-order valence-electron chi connectivity index (χ3n) is 4.08. The number of benzene rings is 2. The third-order valence-corrected chi connectivity index (χ3v) is 5.04. The number of halogens is 2. The van der Waals surface area contributed by atoms with E-state index in [1.54, 1.807) is 16.7 Å². The van der Waals surface area contributed by atoms with Crippen molar-refractivity contribution in [1.82, 2.24) is 20.1 Å². The predicted octanol–water partition coefficient (Wildman–Crippen LogP) is 3.24. The molecule has 0 unspecified atom stereocenters. The zero-order valence-electron chi connectivity index (χ0n) is 16.1. The molecule has 0 spiro atoms. The Morgan fingerprint density at radius 1 is 1.10 bits per heavy atom. The molecule has 156 valence electrons. The highest BCUT2D eigenvalue weighted by Gasteiger charge is 2.16. The highest BCUT2D eigenvalue weighted by molar-refractivity contribution is 7.99. The van der Waals surface area contributed by atoms with Crippen molar-refractivity contribution >= 4 is 29.3 Å². The molecule has 0 atom stereocenters. The lowest BCUT2D eigenvalue weighted by atomic mass is 10.2. The molecule has 10 heteroatoms. The fourth-order valence-electron chi connectivity index (χ4n) is 2.67. The molecular formula is C20H19F2N5O2S. The van der Waals surface area contributed by atoms with Gasteiger partial charge in [-0.15, -0.1) is 10.2 Å². The second-order valence-electron chi connectivity index (χ2n) is 6.15. The first kappa shape index (κ1) is 21.4. The number of hydrogen-bond acceptors (Lipinski definition) is 5. The zero-order valence-corrected chi connectivity index (χ0v) is 16.9. The van der Waals surface area contributed by atoms with E-state index in [2.05, 4.69) is 20.8 Å². The third kappa shape index (κ3) is 5.41. The number of carbonyl (C=O) groups is 2. The van der Waals surface area contributed by atoms with Crippen molar-refractivity contribution in [3.8, 4) is 0 Å². The monoisotopic (exact) mass is 431 g/mol. The number of thioether (sulfide) groups is 1. The van der Waals surface area contributed by atoms with Gasteiger partial charge in [0.05, 0.1) is 17.9 Å². The summed E-state index contributed by atoms with van der Waals surface area (Å²) in [5, 5.41) is 13.8. The number of nitrogens with one attached hydrogen (secondary N) is 2. The van der Waals surface area contributed by atoms with Gasteiger partial charge in [-0.2, -0.15) is 0 Å². The summed E-state index contributed by atoms with van der Waals surface area (Å²) >= 11 is 1.17. The van der Waals surface area contributed by atoms with Crippen LogP contribution in [0.15, 0.2) is 53.7 Å². The molecule has 3 aromatic rings. The summed E-state index contributed by atoms with van der Waals surface area (Å²) in [5.74, 6) is -1.37. The molecule has 0 saturated heterocycles. The van der Waals surface area contributed by atoms with Gasteiger partial charge in [0.25, 0.3) is 5.91 Å². The van der Waals surface area contributed by atoms with E-state index in [0.29, 0.717) is 23.2 Å². The van der Waals surface area contributed by atoms with Gasteiger partial charge in [-0.25, -0.2) is 8.78 Å². The lowest BCUT2D eigenvalue weighted by Crippen LogP contribution is -2.25. The molecule has 0 radical (unpaired) electrons. The van der Waals surface area contributed by atoms with Gasteiger partial charge < -0.3 is 15.2 Å². The van der Waals surface area contributed by atoms with E-state index in [9.17, 15) is 18.4 Å². The molecule has 2 aromatic carbocycles. The van der Waals surface area contributed by atoms with Crippen LogP contribution in [0.1, 0.15) is 23.1 Å². The largest absolute Gasteiger partial charge is 0.345 e. The standard InChI is InChI=1S/C20H19F2N5O2S/c1-2-27-17(11-23-19(29)15-8-3-4-9-16(15)22)25-26-20(27)30-12-18(28)24-14-7-5-6-13(21)10-14/h3-10H,2,11-12H2,1H3,(H,23,29)(H,24,28). The zero-order chi connectivity index (χ0) is 21.5. The van der Waals surface area contributed by atoms with Crippen molar-refractivity contribution in [3.63, 3.8) is 0 Å². The number of amides is 2. The molecule has 0 aliphatic heterocycles. The van der Waals surface area contributed by atoms with Crippen LogP contribution in [0.25, 0.3) is 0 Å². The lowest BCUT2D eigenvalue weighted by molar-refractivity contribution is -0.113. The smallest absolute Gasteiger partial charge is 0.254 e. The molecule has 0 bridgehead atoms. The maximum atomic E-state index is 13.7. The van der Waals surface area contributed by atoms with Crippen LogP contribution in [-0.2, 0) is 17.9 Å². The van der Waals surface area contributed by atoms with E-state index in [4.69, 9.17) is 0 Å². The van der Waals surface area contributed by atoms with Crippen LogP contribution in [0.2, 0.25) is 0 Å². The normalized spacial score (nSPS) is 10.6. The summed E-state index contributed by atoms with van der Waals surface area (Å²) in [7, 11) is 0. The lowest BCUT2D eigenvalue weighted by Gasteiger charge is -2.09. The second kappa shape index (κ2) is 9.97. The Hall–Kier alpha value is -3.27. The number of nitrogens with zero attached hydrogens (tertiary/aromatic N) is 3. The van der Waals surface area contributed by atoms with E-state index in [1.165, 1.54) is 48.2 Å². The first-order chi connectivity index (χ1) is 14.5. The molecule has 0 fully saturated rings. The molecule has 1 aromatic heterocycles. The van der Waals surface area contributed by atoms with E-state index in [-0.39, 0.29) is 23.8 Å². The van der Waals surface area contributed by atoms with Crippen molar-refractivity contribution in [2.24, 2.45) is 0 Å². The SMILES string of the molecule is CCn1c(CNC(=O)c2ccccc2F)nnc1SCC(=O)Nc1cccc(F)c1. The summed E-state index contributed by atoms with van der Waals surface area (Å²) in [5.41, 5.74) is 0.317. The fourth-order valence-corrected chi connectivity index (χ4v) is 3.49. The molecule has 2 amide bonds. The Kier molecular flexibility index (Phi) is 7.12. The fraction of sp³-hybridized carbons (Fsp3) is 0.200. The average Bonchev–Trinajstić information content (AvgIpc) is 3.12. The molecule has 7 nitrogen and oxygen atoms in total. The Morgan fingerprint density at radius 3 is 2.63 bits per heavy atom. The molecule has 0 aliphatic rings. The van der Waals surface area contributed by atoms with E-state index in [1.807, 2.05) is 6.92 Å². The van der Waals surface area contributed by atoms with Gasteiger partial charge in [-0.1, -0.05) is 30.0 Å². The summed E-state index contributed by atoms with van der Waals surface area (Å²) in [6.45, 7) is 2.46. The maximum Gasteiger partial charge on any atom is 0.254 e. The average molecular weight is 431 g/mol. The Bertz CT molecular complexity index is 1060. The van der Waals surface area contributed by atoms with Crippen molar-refractivity contribution in [2.45, 2.75) is 25.2 Å².